The van der Waals surface area contributed by atoms with E-state index in [9.17, 15) is 8.42 Å². The van der Waals surface area contributed by atoms with Crippen LogP contribution in [0.3, 0.4) is 0 Å². The van der Waals surface area contributed by atoms with Gasteiger partial charge in [-0.25, -0.2) is 13.1 Å². The van der Waals surface area contributed by atoms with Crippen LogP contribution in [0, 0.1) is 5.92 Å². The van der Waals surface area contributed by atoms with Crippen molar-refractivity contribution in [3.05, 3.63) is 17.0 Å². The zero-order valence-corrected chi connectivity index (χ0v) is 14.2. The molecule has 0 aliphatic carbocycles. The number of rotatable bonds is 8. The molecule has 2 unspecified atom stereocenters. The Balaban J connectivity index is 1.95. The van der Waals surface area contributed by atoms with Crippen molar-refractivity contribution in [2.75, 3.05) is 19.8 Å². The molecule has 1 aliphatic rings. The number of nitrogens with one attached hydrogen (secondary N) is 2. The van der Waals surface area contributed by atoms with Crippen LogP contribution < -0.4 is 10.0 Å². The molecule has 1 aromatic heterocycles. The van der Waals surface area contributed by atoms with Crippen LogP contribution in [-0.2, 0) is 21.3 Å². The van der Waals surface area contributed by atoms with Gasteiger partial charge < -0.3 is 10.1 Å². The van der Waals surface area contributed by atoms with Crippen molar-refractivity contribution in [1.29, 1.82) is 0 Å². The predicted octanol–water partition coefficient (Wildman–Crippen LogP) is 1.95. The molecule has 7 heteroatoms. The minimum Gasteiger partial charge on any atom is -0.381 e. The van der Waals surface area contributed by atoms with E-state index in [0.717, 1.165) is 31.6 Å². The molecule has 2 rings (SSSR count). The molecule has 120 valence electrons. The first kappa shape index (κ1) is 16.9. The minimum absolute atomic E-state index is 0.0960. The summed E-state index contributed by atoms with van der Waals surface area (Å²) in [5.41, 5.74) is 1.02. The van der Waals surface area contributed by atoms with E-state index in [-0.39, 0.29) is 12.0 Å². The lowest BCUT2D eigenvalue weighted by Gasteiger charge is -2.18. The van der Waals surface area contributed by atoms with Crippen LogP contribution in [0.1, 0.15) is 32.3 Å². The van der Waals surface area contributed by atoms with Crippen LogP contribution >= 0.6 is 11.3 Å². The normalized spacial score (nSPS) is 20.8. The Morgan fingerprint density at radius 1 is 1.52 bits per heavy atom. The third kappa shape index (κ3) is 4.75. The highest BCUT2D eigenvalue weighted by molar-refractivity contribution is 7.91. The standard InChI is InChI=1S/C14H24N2O3S2/c1-3-5-15-8-12-7-14(20-10-12)21(17,18)16-11(2)13-4-6-19-9-13/h7,10-11,13,15-16H,3-6,8-9H2,1-2H3. The van der Waals surface area contributed by atoms with Gasteiger partial charge in [0.25, 0.3) is 0 Å². The van der Waals surface area contributed by atoms with Gasteiger partial charge >= 0.3 is 0 Å². The highest BCUT2D eigenvalue weighted by Crippen LogP contribution is 2.23. The van der Waals surface area contributed by atoms with Gasteiger partial charge in [0, 0.05) is 25.1 Å². The van der Waals surface area contributed by atoms with E-state index in [2.05, 4.69) is 17.0 Å². The number of hydrogen-bond donors (Lipinski definition) is 2. The molecule has 1 fully saturated rings. The molecule has 0 aromatic carbocycles. The Hall–Kier alpha value is -0.470. The molecule has 0 radical (unpaired) electrons. The van der Waals surface area contributed by atoms with Gasteiger partial charge in [0.15, 0.2) is 0 Å². The van der Waals surface area contributed by atoms with Gasteiger partial charge in [0.05, 0.1) is 6.61 Å². The summed E-state index contributed by atoms with van der Waals surface area (Å²) < 4.78 is 33.2. The van der Waals surface area contributed by atoms with Crippen LogP contribution in [0.5, 0.6) is 0 Å². The van der Waals surface area contributed by atoms with E-state index in [4.69, 9.17) is 4.74 Å². The molecule has 2 heterocycles. The van der Waals surface area contributed by atoms with Gasteiger partial charge in [0.1, 0.15) is 4.21 Å². The van der Waals surface area contributed by atoms with Crippen LogP contribution in [0.15, 0.2) is 15.7 Å². The van der Waals surface area contributed by atoms with Gasteiger partial charge in [-0.1, -0.05) is 6.92 Å². The summed E-state index contributed by atoms with van der Waals surface area (Å²) in [6, 6.07) is 1.66. The third-order valence-electron chi connectivity index (χ3n) is 3.66. The molecule has 1 saturated heterocycles. The molecule has 2 atom stereocenters. The van der Waals surface area contributed by atoms with Gasteiger partial charge in [-0.2, -0.15) is 0 Å². The van der Waals surface area contributed by atoms with Gasteiger partial charge in [0.2, 0.25) is 10.0 Å². The largest absolute Gasteiger partial charge is 0.381 e. The number of hydrogen-bond acceptors (Lipinski definition) is 5. The Morgan fingerprint density at radius 2 is 2.33 bits per heavy atom. The maximum absolute atomic E-state index is 12.4. The second kappa shape index (κ2) is 7.69. The first-order valence-electron chi connectivity index (χ1n) is 7.41. The molecule has 0 saturated carbocycles. The van der Waals surface area contributed by atoms with Crippen molar-refractivity contribution in [3.8, 4) is 0 Å². The molecule has 21 heavy (non-hydrogen) atoms. The van der Waals surface area contributed by atoms with E-state index in [1.807, 2.05) is 12.3 Å². The predicted molar refractivity (Wildman–Crippen MR) is 85.0 cm³/mol. The SMILES string of the molecule is CCCNCc1csc(S(=O)(=O)NC(C)C2CCOC2)c1. The average Bonchev–Trinajstić information content (AvgIpc) is 3.10. The highest BCUT2D eigenvalue weighted by Gasteiger charge is 2.27. The van der Waals surface area contributed by atoms with Crippen molar-refractivity contribution in [2.24, 2.45) is 5.92 Å². The minimum atomic E-state index is -3.42. The van der Waals surface area contributed by atoms with Crippen LogP contribution in [0.2, 0.25) is 0 Å². The zero-order chi connectivity index (χ0) is 15.3. The van der Waals surface area contributed by atoms with Crippen molar-refractivity contribution in [1.82, 2.24) is 10.0 Å². The summed E-state index contributed by atoms with van der Waals surface area (Å²) in [5, 5.41) is 5.18. The average molecular weight is 332 g/mol. The molecule has 0 amide bonds. The molecule has 0 spiro atoms. The molecule has 2 N–H and O–H groups in total. The second-order valence-electron chi connectivity index (χ2n) is 5.48. The van der Waals surface area contributed by atoms with E-state index < -0.39 is 10.0 Å². The molecular weight excluding hydrogens is 308 g/mol. The lowest BCUT2D eigenvalue weighted by molar-refractivity contribution is 0.180. The fraction of sp³-hybridized carbons (Fsp3) is 0.714. The molecule has 5 nitrogen and oxygen atoms in total. The van der Waals surface area contributed by atoms with Crippen LogP contribution in [-0.4, -0.2) is 34.2 Å². The lowest BCUT2D eigenvalue weighted by atomic mass is 10.0. The molecule has 1 aliphatic heterocycles. The summed E-state index contributed by atoms with van der Waals surface area (Å²) in [6.45, 7) is 7.03. The summed E-state index contributed by atoms with van der Waals surface area (Å²) in [4.78, 5) is 0. The van der Waals surface area contributed by atoms with Crippen molar-refractivity contribution in [2.45, 2.75) is 43.5 Å². The smallest absolute Gasteiger partial charge is 0.250 e. The van der Waals surface area contributed by atoms with Gasteiger partial charge in [-0.05, 0) is 43.3 Å². The molecule has 1 aromatic rings. The van der Waals surface area contributed by atoms with E-state index in [1.54, 1.807) is 6.07 Å². The van der Waals surface area contributed by atoms with E-state index in [1.165, 1.54) is 11.3 Å². The molecular formula is C14H24N2O3S2. The lowest BCUT2D eigenvalue weighted by Crippen LogP contribution is -2.38. The van der Waals surface area contributed by atoms with Crippen LogP contribution in [0.4, 0.5) is 0 Å². The number of ether oxygens (including phenoxy) is 1. The fourth-order valence-corrected chi connectivity index (χ4v) is 4.88. The van der Waals surface area contributed by atoms with Gasteiger partial charge in [-0.15, -0.1) is 11.3 Å². The topological polar surface area (TPSA) is 67.4 Å². The zero-order valence-electron chi connectivity index (χ0n) is 12.6. The number of thiophene rings is 1. The first-order valence-corrected chi connectivity index (χ1v) is 9.77. The Kier molecular flexibility index (Phi) is 6.19. The highest BCUT2D eigenvalue weighted by atomic mass is 32.2. The summed E-state index contributed by atoms with van der Waals surface area (Å²) in [6.07, 6.45) is 1.98. The third-order valence-corrected chi connectivity index (χ3v) is 6.71. The number of sulfonamides is 1. The molecule has 0 bridgehead atoms. The maximum Gasteiger partial charge on any atom is 0.250 e. The second-order valence-corrected chi connectivity index (χ2v) is 8.34. The van der Waals surface area contributed by atoms with Gasteiger partial charge in [-0.3, -0.25) is 0 Å². The maximum atomic E-state index is 12.4. The first-order chi connectivity index (χ1) is 10.0. The van der Waals surface area contributed by atoms with E-state index >= 15 is 0 Å². The Morgan fingerprint density at radius 3 is 3.00 bits per heavy atom. The van der Waals surface area contributed by atoms with Crippen LogP contribution in [0.25, 0.3) is 0 Å². The van der Waals surface area contributed by atoms with Crippen molar-refractivity contribution >= 4 is 21.4 Å². The summed E-state index contributed by atoms with van der Waals surface area (Å²) >= 11 is 1.28. The van der Waals surface area contributed by atoms with Crippen molar-refractivity contribution in [3.63, 3.8) is 0 Å². The Bertz CT molecular complexity index is 536. The summed E-state index contributed by atoms with van der Waals surface area (Å²) in [5.74, 6) is 0.269. The summed E-state index contributed by atoms with van der Waals surface area (Å²) in [7, 11) is -3.42. The van der Waals surface area contributed by atoms with E-state index in [0.29, 0.717) is 17.4 Å². The quantitative estimate of drug-likeness (QED) is 0.714. The van der Waals surface area contributed by atoms with Crippen molar-refractivity contribution < 1.29 is 13.2 Å². The fourth-order valence-electron chi connectivity index (χ4n) is 2.34. The monoisotopic (exact) mass is 332 g/mol. The Labute approximate surface area is 131 Å².